The fraction of sp³-hybridized carbons (Fsp3) is 0.500. The van der Waals surface area contributed by atoms with Crippen LogP contribution in [0.15, 0.2) is 94.6 Å². The minimum Gasteiger partial charge on any atom is -0.355 e. The zero-order valence-corrected chi connectivity index (χ0v) is 39.4. The van der Waals surface area contributed by atoms with Crippen LogP contribution in [0.25, 0.3) is 0 Å². The second kappa shape index (κ2) is 20.0. The first-order valence-corrected chi connectivity index (χ1v) is 25.1. The maximum Gasteiger partial charge on any atom is 0.294 e. The van der Waals surface area contributed by atoms with E-state index < -0.39 is 55.2 Å². The lowest BCUT2D eigenvalue weighted by atomic mass is 9.70. The number of hydrogen-bond donors (Lipinski definition) is 4. The van der Waals surface area contributed by atoms with Gasteiger partial charge in [-0.25, -0.2) is 0 Å². The van der Waals surface area contributed by atoms with Crippen molar-refractivity contribution in [2.45, 2.75) is 122 Å². The molecule has 1 unspecified atom stereocenters. The summed E-state index contributed by atoms with van der Waals surface area (Å²) < 4.78 is 69.6. The molecule has 4 N–H and O–H groups in total. The molecule has 2 heterocycles. The molecule has 2 aromatic carbocycles. The second-order valence-electron chi connectivity index (χ2n) is 18.1. The molecule has 0 fully saturated rings. The lowest BCUT2D eigenvalue weighted by Gasteiger charge is -2.35. The number of nitrogens with one attached hydrogen (secondary N) is 2. The largest absolute Gasteiger partial charge is 0.355 e. The van der Waals surface area contributed by atoms with Crippen molar-refractivity contribution in [2.24, 2.45) is 5.41 Å². The Labute approximate surface area is 374 Å². The number of fused-ring (bicyclic) bond motifs is 2. The summed E-state index contributed by atoms with van der Waals surface area (Å²) in [5.41, 5.74) is 4.33. The summed E-state index contributed by atoms with van der Waals surface area (Å²) in [6.45, 7) is 15.3. The van der Waals surface area contributed by atoms with Crippen molar-refractivity contribution in [1.82, 2.24) is 10.6 Å². The molecule has 1 aliphatic carbocycles. The molecule has 0 saturated heterocycles. The van der Waals surface area contributed by atoms with Crippen LogP contribution in [0.1, 0.15) is 117 Å². The SMILES string of the molecule is CCCC[N+]1=C(/C=C/C2=CC(=C/C=C3/N(CCC)c4ccc(S(=O)(=O)O)cc4C3(C)C)/CC(C(=O)NCCCCCC(C)=O)(C(=O)NCCS(=O)(=O)O)C2)C(C)(C)c2ccccc21. The zero-order chi connectivity index (χ0) is 46.4. The molecule has 15 heteroatoms. The average molecular weight is 906 g/mol. The van der Waals surface area contributed by atoms with Gasteiger partial charge in [0.05, 0.1) is 16.1 Å². The number of hydrogen-bond acceptors (Lipinski definition) is 8. The van der Waals surface area contributed by atoms with Crippen molar-refractivity contribution in [3.63, 3.8) is 0 Å². The van der Waals surface area contributed by atoms with Crippen molar-refractivity contribution in [3.8, 4) is 0 Å². The summed E-state index contributed by atoms with van der Waals surface area (Å²) in [6.07, 6.45) is 14.9. The molecule has 0 bridgehead atoms. The molecule has 3 aliphatic rings. The fourth-order valence-corrected chi connectivity index (χ4v) is 9.96. The quantitative estimate of drug-likeness (QED) is 0.0444. The Balaban J connectivity index is 1.65. The van der Waals surface area contributed by atoms with Gasteiger partial charge in [0.2, 0.25) is 17.5 Å². The summed E-state index contributed by atoms with van der Waals surface area (Å²) >= 11 is 0. The van der Waals surface area contributed by atoms with E-state index in [1.165, 1.54) is 24.6 Å². The molecule has 2 aromatic rings. The van der Waals surface area contributed by atoms with Crippen LogP contribution in [0, 0.1) is 5.41 Å². The number of amides is 2. The van der Waals surface area contributed by atoms with Gasteiger partial charge < -0.3 is 20.3 Å². The van der Waals surface area contributed by atoms with Gasteiger partial charge in [-0.15, -0.1) is 0 Å². The molecular formula is C48H65N4O9S2+. The third-order valence-corrected chi connectivity index (χ3v) is 14.0. The van der Waals surface area contributed by atoms with Crippen LogP contribution >= 0.6 is 0 Å². The highest BCUT2D eigenvalue weighted by molar-refractivity contribution is 7.86. The van der Waals surface area contributed by atoms with Gasteiger partial charge in [0.1, 0.15) is 17.7 Å². The van der Waals surface area contributed by atoms with Gasteiger partial charge in [-0.1, -0.05) is 77.0 Å². The molecule has 1 atom stereocenters. The van der Waals surface area contributed by atoms with Crippen LogP contribution in [-0.2, 0) is 45.4 Å². The van der Waals surface area contributed by atoms with E-state index >= 15 is 0 Å². The normalized spacial score (nSPS) is 20.6. The lowest BCUT2D eigenvalue weighted by Crippen LogP contribution is -2.53. The van der Waals surface area contributed by atoms with Crippen molar-refractivity contribution in [2.75, 3.05) is 36.8 Å². The number of ketones is 1. The Morgan fingerprint density at radius 3 is 2.16 bits per heavy atom. The molecular weight excluding hydrogens is 841 g/mol. The van der Waals surface area contributed by atoms with Gasteiger partial charge in [-0.05, 0) is 93.9 Å². The van der Waals surface area contributed by atoms with Crippen LogP contribution in [-0.4, -0.2) is 85.8 Å². The molecule has 2 aliphatic heterocycles. The number of para-hydroxylation sites is 1. The van der Waals surface area contributed by atoms with E-state index in [-0.39, 0.29) is 35.5 Å². The highest BCUT2D eigenvalue weighted by atomic mass is 32.2. The lowest BCUT2D eigenvalue weighted by molar-refractivity contribution is -0.438. The number of benzene rings is 2. The molecule has 0 spiro atoms. The van der Waals surface area contributed by atoms with Crippen molar-refractivity contribution >= 4 is 54.9 Å². The highest BCUT2D eigenvalue weighted by Crippen LogP contribution is 2.49. The molecule has 5 rings (SSSR count). The summed E-state index contributed by atoms with van der Waals surface area (Å²) in [7, 11) is -8.88. The molecule has 0 radical (unpaired) electrons. The summed E-state index contributed by atoms with van der Waals surface area (Å²) in [5.74, 6) is -1.85. The monoisotopic (exact) mass is 905 g/mol. The van der Waals surface area contributed by atoms with Crippen LogP contribution < -0.4 is 15.5 Å². The Hall–Kier alpha value is -4.70. The van der Waals surface area contributed by atoms with E-state index in [4.69, 9.17) is 0 Å². The van der Waals surface area contributed by atoms with E-state index in [2.05, 4.69) is 59.1 Å². The van der Waals surface area contributed by atoms with Gasteiger partial charge in [0, 0.05) is 67.0 Å². The van der Waals surface area contributed by atoms with Crippen LogP contribution in [0.3, 0.4) is 0 Å². The number of rotatable bonds is 20. The molecule has 2 amide bonds. The molecule has 13 nitrogen and oxygen atoms in total. The number of allylic oxidation sites excluding steroid dienone is 8. The Morgan fingerprint density at radius 2 is 1.51 bits per heavy atom. The van der Waals surface area contributed by atoms with Crippen molar-refractivity contribution < 1.29 is 44.9 Å². The zero-order valence-electron chi connectivity index (χ0n) is 37.8. The number of anilines is 1. The Kier molecular flexibility index (Phi) is 15.7. The number of carbonyl (C=O) groups is 3. The molecule has 342 valence electrons. The van der Waals surface area contributed by atoms with Gasteiger partial charge in [-0.3, -0.25) is 18.7 Å². The van der Waals surface area contributed by atoms with E-state index in [9.17, 15) is 40.3 Å². The minimum absolute atomic E-state index is 0.00177. The van der Waals surface area contributed by atoms with Crippen molar-refractivity contribution in [3.05, 3.63) is 101 Å². The summed E-state index contributed by atoms with van der Waals surface area (Å²) in [4.78, 5) is 42.6. The van der Waals surface area contributed by atoms with Crippen LogP contribution in [0.4, 0.5) is 11.4 Å². The maximum absolute atomic E-state index is 14.6. The maximum atomic E-state index is 14.6. The third-order valence-electron chi connectivity index (χ3n) is 12.4. The molecule has 0 saturated carbocycles. The van der Waals surface area contributed by atoms with Gasteiger partial charge >= 0.3 is 0 Å². The standard InChI is InChI=1S/C48H64N4O9S2/c1-8-10-28-52-40-18-14-13-17-38(40)46(4,5)42(52)23-19-35-30-36(20-24-43-47(6,7)39-31-37(63(59,60)61)21-22-41(39)51(43)27-9-2)33-48(32-35,45(55)50-26-29-62(56,57)58)44(54)49-25-15-11-12-16-34(3)53/h13-14,17-24,30-31H,8-12,15-16,25-29,32-33H2,1-7H3,(H3-,49,50,54,55,56,57,58,59,60,61)/p+1. The van der Waals surface area contributed by atoms with Crippen LogP contribution in [0.5, 0.6) is 0 Å². The summed E-state index contributed by atoms with van der Waals surface area (Å²) in [5, 5.41) is 5.64. The summed E-state index contributed by atoms with van der Waals surface area (Å²) in [6, 6.07) is 12.9. The highest BCUT2D eigenvalue weighted by Gasteiger charge is 2.49. The molecule has 0 aromatic heterocycles. The fourth-order valence-electron chi connectivity index (χ4n) is 9.10. The number of Topliss-reactive ketones (excluding diaryl/α,β-unsaturated/α-hetero) is 1. The topological polar surface area (TPSA) is 190 Å². The van der Waals surface area contributed by atoms with E-state index in [1.54, 1.807) is 6.07 Å². The predicted molar refractivity (Wildman–Crippen MR) is 248 cm³/mol. The van der Waals surface area contributed by atoms with Gasteiger partial charge in [0.25, 0.3) is 20.2 Å². The van der Waals surface area contributed by atoms with E-state index in [0.717, 1.165) is 54.2 Å². The predicted octanol–water partition coefficient (Wildman–Crippen LogP) is 7.66. The van der Waals surface area contributed by atoms with Gasteiger partial charge in [-0.2, -0.15) is 21.4 Å². The number of unbranched alkanes of at least 4 members (excludes halogenated alkanes) is 3. The van der Waals surface area contributed by atoms with E-state index in [0.29, 0.717) is 43.4 Å². The van der Waals surface area contributed by atoms with Gasteiger partial charge in [0.15, 0.2) is 5.71 Å². The first kappa shape index (κ1) is 49.3. The van der Waals surface area contributed by atoms with Crippen LogP contribution in [0.2, 0.25) is 0 Å². The molecule has 63 heavy (non-hydrogen) atoms. The third kappa shape index (κ3) is 11.3. The smallest absolute Gasteiger partial charge is 0.294 e. The van der Waals surface area contributed by atoms with Crippen molar-refractivity contribution in [1.29, 1.82) is 0 Å². The first-order valence-electron chi connectivity index (χ1n) is 22.0. The Bertz CT molecular complexity index is 2480. The Morgan fingerprint density at radius 1 is 0.810 bits per heavy atom. The first-order chi connectivity index (χ1) is 29.6. The second-order valence-corrected chi connectivity index (χ2v) is 21.0. The number of carbonyl (C=O) groups excluding carboxylic acids is 3. The van der Waals surface area contributed by atoms with E-state index in [1.807, 2.05) is 57.2 Å². The minimum atomic E-state index is -4.47. The number of nitrogens with zero attached hydrogens (tertiary/aromatic N) is 2. The average Bonchev–Trinajstić information content (AvgIpc) is 3.56.